The summed E-state index contributed by atoms with van der Waals surface area (Å²) in [6.45, 7) is 7.78. The van der Waals surface area contributed by atoms with E-state index in [9.17, 15) is 9.90 Å². The van der Waals surface area contributed by atoms with Crippen molar-refractivity contribution in [3.63, 3.8) is 0 Å². The molecule has 3 heteroatoms. The Morgan fingerprint density at radius 1 is 1.38 bits per heavy atom. The van der Waals surface area contributed by atoms with Gasteiger partial charge in [-0.25, -0.2) is 0 Å². The molecule has 0 saturated heterocycles. The van der Waals surface area contributed by atoms with E-state index in [2.05, 4.69) is 13.0 Å². The van der Waals surface area contributed by atoms with Crippen molar-refractivity contribution in [1.82, 2.24) is 0 Å². The predicted octanol–water partition coefficient (Wildman–Crippen LogP) is 3.65. The molecule has 2 nitrogen and oxygen atoms in total. The molecule has 0 aliphatic carbocycles. The van der Waals surface area contributed by atoms with E-state index in [1.165, 1.54) is 22.9 Å². The molecule has 0 aliphatic heterocycles. The smallest absolute Gasteiger partial charge is 0.319 e. The molecule has 1 atom stereocenters. The molecule has 0 aromatic heterocycles. The zero-order chi connectivity index (χ0) is 12.3. The van der Waals surface area contributed by atoms with Gasteiger partial charge in [0.2, 0.25) is 0 Å². The van der Waals surface area contributed by atoms with Crippen LogP contribution >= 0.6 is 11.8 Å². The second-order valence-corrected chi connectivity index (χ2v) is 5.81. The second-order valence-electron chi connectivity index (χ2n) is 4.24. The van der Waals surface area contributed by atoms with E-state index in [1.54, 1.807) is 6.92 Å². The number of thioether (sulfide) groups is 1. The Kier molecular flexibility index (Phi) is 4.03. The van der Waals surface area contributed by atoms with Crippen LogP contribution in [0.2, 0.25) is 0 Å². The molecule has 0 bridgehead atoms. The molecule has 0 saturated carbocycles. The number of carbonyl (C=O) groups is 1. The molecule has 16 heavy (non-hydrogen) atoms. The first-order chi connectivity index (χ1) is 7.39. The maximum Gasteiger partial charge on any atom is 0.319 e. The zero-order valence-corrected chi connectivity index (χ0v) is 11.0. The third-order valence-electron chi connectivity index (χ3n) is 2.95. The topological polar surface area (TPSA) is 37.3 Å². The number of hydrogen-bond acceptors (Lipinski definition) is 2. The van der Waals surface area contributed by atoms with Crippen LogP contribution < -0.4 is 0 Å². The fourth-order valence-electron chi connectivity index (χ4n) is 1.30. The van der Waals surface area contributed by atoms with Crippen molar-refractivity contribution in [3.05, 3.63) is 29.3 Å². The molecule has 1 aromatic carbocycles. The third-order valence-corrected chi connectivity index (χ3v) is 4.35. The molecule has 1 aromatic rings. The van der Waals surface area contributed by atoms with E-state index < -0.39 is 10.7 Å². The lowest BCUT2D eigenvalue weighted by molar-refractivity contribution is -0.139. The summed E-state index contributed by atoms with van der Waals surface area (Å²) in [5.74, 6) is -0.752. The maximum atomic E-state index is 11.2. The molecule has 1 rings (SSSR count). The third kappa shape index (κ3) is 2.79. The number of aryl methyl sites for hydroxylation is 2. The van der Waals surface area contributed by atoms with Gasteiger partial charge in [-0.15, -0.1) is 11.8 Å². The monoisotopic (exact) mass is 238 g/mol. The van der Waals surface area contributed by atoms with Crippen molar-refractivity contribution in [1.29, 1.82) is 0 Å². The summed E-state index contributed by atoms with van der Waals surface area (Å²) in [7, 11) is 0. The molecule has 0 amide bonds. The molecular formula is C13H18O2S. The molecule has 0 heterocycles. The largest absolute Gasteiger partial charge is 0.480 e. The van der Waals surface area contributed by atoms with Crippen LogP contribution in [0.5, 0.6) is 0 Å². The van der Waals surface area contributed by atoms with Gasteiger partial charge in [-0.2, -0.15) is 0 Å². The van der Waals surface area contributed by atoms with Crippen LogP contribution in [0.4, 0.5) is 0 Å². The van der Waals surface area contributed by atoms with Gasteiger partial charge in [-0.05, 0) is 50.5 Å². The van der Waals surface area contributed by atoms with E-state index in [-0.39, 0.29) is 0 Å². The molecule has 88 valence electrons. The van der Waals surface area contributed by atoms with Crippen molar-refractivity contribution in [3.8, 4) is 0 Å². The van der Waals surface area contributed by atoms with Crippen molar-refractivity contribution >= 4 is 17.7 Å². The van der Waals surface area contributed by atoms with Gasteiger partial charge in [0.1, 0.15) is 4.75 Å². The van der Waals surface area contributed by atoms with E-state index >= 15 is 0 Å². The first-order valence-corrected chi connectivity index (χ1v) is 6.20. The quantitative estimate of drug-likeness (QED) is 0.814. The predicted molar refractivity (Wildman–Crippen MR) is 68.1 cm³/mol. The van der Waals surface area contributed by atoms with Gasteiger partial charge in [-0.3, -0.25) is 4.79 Å². The number of benzene rings is 1. The highest BCUT2D eigenvalue weighted by atomic mass is 32.2. The van der Waals surface area contributed by atoms with Crippen LogP contribution in [0.3, 0.4) is 0 Å². The summed E-state index contributed by atoms with van der Waals surface area (Å²) in [5.41, 5.74) is 2.44. The van der Waals surface area contributed by atoms with Crippen LogP contribution in [0.15, 0.2) is 23.1 Å². The van der Waals surface area contributed by atoms with Crippen LogP contribution in [-0.2, 0) is 4.79 Å². The minimum Gasteiger partial charge on any atom is -0.480 e. The number of carboxylic acid groups (broad SMARTS) is 1. The first-order valence-electron chi connectivity index (χ1n) is 5.38. The standard InChI is InChI=1S/C13H18O2S/c1-5-13(4,12(14)15)16-11-7-6-9(2)10(3)8-11/h6-8H,5H2,1-4H3,(H,14,15). The van der Waals surface area contributed by atoms with Gasteiger partial charge in [0.05, 0.1) is 0 Å². The second kappa shape index (κ2) is 4.91. The van der Waals surface area contributed by atoms with E-state index in [4.69, 9.17) is 0 Å². The SMILES string of the molecule is CCC(C)(Sc1ccc(C)c(C)c1)C(=O)O. The molecule has 0 radical (unpaired) electrons. The Balaban J connectivity index is 2.95. The number of carboxylic acids is 1. The number of hydrogen-bond donors (Lipinski definition) is 1. The average Bonchev–Trinajstić information content (AvgIpc) is 2.23. The molecule has 0 spiro atoms. The summed E-state index contributed by atoms with van der Waals surface area (Å²) >= 11 is 1.42. The fraction of sp³-hybridized carbons (Fsp3) is 0.462. The van der Waals surface area contributed by atoms with Crippen LogP contribution in [0, 0.1) is 13.8 Å². The molecule has 0 aliphatic rings. The summed E-state index contributed by atoms with van der Waals surface area (Å²) in [6.07, 6.45) is 0.611. The van der Waals surface area contributed by atoms with E-state index in [0.29, 0.717) is 6.42 Å². The van der Waals surface area contributed by atoms with Crippen molar-refractivity contribution < 1.29 is 9.90 Å². The minimum atomic E-state index is -0.752. The Hall–Kier alpha value is -0.960. The minimum absolute atomic E-state index is 0.611. The molecule has 0 fully saturated rings. The van der Waals surface area contributed by atoms with Crippen molar-refractivity contribution in [2.45, 2.75) is 43.8 Å². The van der Waals surface area contributed by atoms with Crippen molar-refractivity contribution in [2.24, 2.45) is 0 Å². The summed E-state index contributed by atoms with van der Waals surface area (Å²) in [4.78, 5) is 12.2. The normalized spacial score (nSPS) is 14.5. The first kappa shape index (κ1) is 13.1. The van der Waals surface area contributed by atoms with Crippen molar-refractivity contribution in [2.75, 3.05) is 0 Å². The van der Waals surface area contributed by atoms with Gasteiger partial charge >= 0.3 is 5.97 Å². The lowest BCUT2D eigenvalue weighted by atomic mass is 10.1. The van der Waals surface area contributed by atoms with Gasteiger partial charge in [-0.1, -0.05) is 13.0 Å². The Labute approximate surface area is 101 Å². The Morgan fingerprint density at radius 2 is 2.00 bits per heavy atom. The zero-order valence-electron chi connectivity index (χ0n) is 10.2. The summed E-state index contributed by atoms with van der Waals surface area (Å²) in [6, 6.07) is 6.08. The average molecular weight is 238 g/mol. The van der Waals surface area contributed by atoms with Gasteiger partial charge in [0.25, 0.3) is 0 Å². The number of rotatable bonds is 4. The van der Waals surface area contributed by atoms with E-state index in [1.807, 2.05) is 26.0 Å². The maximum absolute atomic E-state index is 11.2. The Morgan fingerprint density at radius 3 is 2.44 bits per heavy atom. The van der Waals surface area contributed by atoms with Crippen LogP contribution in [0.1, 0.15) is 31.4 Å². The summed E-state index contributed by atoms with van der Waals surface area (Å²) in [5, 5.41) is 9.20. The Bertz CT molecular complexity index is 401. The van der Waals surface area contributed by atoms with Gasteiger partial charge in [0.15, 0.2) is 0 Å². The molecule has 1 N–H and O–H groups in total. The molecule has 1 unspecified atom stereocenters. The van der Waals surface area contributed by atoms with Gasteiger partial charge < -0.3 is 5.11 Å². The van der Waals surface area contributed by atoms with E-state index in [0.717, 1.165) is 4.90 Å². The van der Waals surface area contributed by atoms with Crippen LogP contribution in [-0.4, -0.2) is 15.8 Å². The summed E-state index contributed by atoms with van der Waals surface area (Å²) < 4.78 is -0.734. The fourth-order valence-corrected chi connectivity index (χ4v) is 2.43. The highest BCUT2D eigenvalue weighted by molar-refractivity contribution is 8.01. The lowest BCUT2D eigenvalue weighted by Gasteiger charge is -2.22. The highest BCUT2D eigenvalue weighted by Crippen LogP contribution is 2.36. The van der Waals surface area contributed by atoms with Gasteiger partial charge in [0, 0.05) is 4.90 Å². The lowest BCUT2D eigenvalue weighted by Crippen LogP contribution is -2.30. The molecular weight excluding hydrogens is 220 g/mol. The highest BCUT2D eigenvalue weighted by Gasteiger charge is 2.32. The van der Waals surface area contributed by atoms with Crippen LogP contribution in [0.25, 0.3) is 0 Å². The number of aliphatic carboxylic acids is 1.